The largest absolute Gasteiger partial charge is 0.380 e. The van der Waals surface area contributed by atoms with Gasteiger partial charge >= 0.3 is 0 Å². The quantitative estimate of drug-likeness (QED) is 0.716. The highest BCUT2D eigenvalue weighted by atomic mass is 32.2. The van der Waals surface area contributed by atoms with Crippen LogP contribution in [0.25, 0.3) is 11.0 Å². The maximum atomic E-state index is 12.7. The molecule has 0 aliphatic heterocycles. The summed E-state index contributed by atoms with van der Waals surface area (Å²) in [4.78, 5) is 4.16. The molecule has 0 radical (unpaired) electrons. The number of nitrogens with two attached hydrogens (primary N) is 1. The Bertz CT molecular complexity index is 1040. The highest BCUT2D eigenvalue weighted by Crippen LogP contribution is 2.35. The minimum absolute atomic E-state index is 0.0781. The topological polar surface area (TPSA) is 98.2 Å². The van der Waals surface area contributed by atoms with Crippen molar-refractivity contribution in [2.75, 3.05) is 5.73 Å². The number of fused-ring (bicyclic) bond motifs is 1. The maximum Gasteiger partial charge on any atom is 0.244 e. The Kier molecular flexibility index (Phi) is 4.54. The minimum atomic E-state index is -3.68. The second-order valence-electron chi connectivity index (χ2n) is 6.61. The molecule has 0 spiro atoms. The van der Waals surface area contributed by atoms with Gasteiger partial charge in [-0.25, -0.2) is 17.4 Å². The van der Waals surface area contributed by atoms with Crippen LogP contribution in [0.5, 0.6) is 0 Å². The van der Waals surface area contributed by atoms with Crippen LogP contribution >= 0.6 is 0 Å². The number of nitrogen functional groups attached to an aromatic ring is 1. The predicted octanol–water partition coefficient (Wildman–Crippen LogP) is 2.85. The van der Waals surface area contributed by atoms with Gasteiger partial charge in [-0.15, -0.1) is 0 Å². The van der Waals surface area contributed by atoms with E-state index in [0.29, 0.717) is 23.0 Å². The van der Waals surface area contributed by atoms with Crippen molar-refractivity contribution in [3.63, 3.8) is 0 Å². The van der Waals surface area contributed by atoms with E-state index in [-0.39, 0.29) is 5.95 Å². The van der Waals surface area contributed by atoms with E-state index in [2.05, 4.69) is 4.98 Å². The van der Waals surface area contributed by atoms with Crippen molar-refractivity contribution in [1.29, 1.82) is 0 Å². The fraction of sp³-hybridized carbons (Fsp3) is 0.316. The van der Waals surface area contributed by atoms with Gasteiger partial charge in [0.2, 0.25) is 16.0 Å². The molecule has 0 fully saturated rings. The molecule has 26 heavy (non-hydrogen) atoms. The summed E-state index contributed by atoms with van der Waals surface area (Å²) in [6.07, 6.45) is 0.434. The molecule has 2 aromatic carbocycles. The zero-order valence-electron chi connectivity index (χ0n) is 15.0. The van der Waals surface area contributed by atoms with Gasteiger partial charge in [0.15, 0.2) is 0 Å². The van der Waals surface area contributed by atoms with Gasteiger partial charge in [-0.05, 0) is 43.5 Å². The third-order valence-electron chi connectivity index (χ3n) is 4.73. The lowest BCUT2D eigenvalue weighted by Crippen LogP contribution is -2.27. The zero-order valence-corrected chi connectivity index (χ0v) is 15.9. The molecule has 0 bridgehead atoms. The number of nitrogens with zero attached hydrogens (tertiary/aromatic N) is 2. The molecule has 0 aliphatic rings. The maximum absolute atomic E-state index is 12.7. The van der Waals surface area contributed by atoms with Gasteiger partial charge in [0.25, 0.3) is 0 Å². The normalized spacial score (nSPS) is 14.7. The Hall–Kier alpha value is -2.38. The first-order chi connectivity index (χ1) is 12.2. The van der Waals surface area contributed by atoms with Crippen molar-refractivity contribution < 1.29 is 13.5 Å². The van der Waals surface area contributed by atoms with Crippen LogP contribution in [0.1, 0.15) is 38.3 Å². The van der Waals surface area contributed by atoms with Gasteiger partial charge in [-0.3, -0.25) is 0 Å². The smallest absolute Gasteiger partial charge is 0.244 e. The molecule has 6 nitrogen and oxygen atoms in total. The van der Waals surface area contributed by atoms with E-state index < -0.39 is 20.9 Å². The highest BCUT2D eigenvalue weighted by Gasteiger charge is 2.31. The predicted molar refractivity (Wildman–Crippen MR) is 103 cm³/mol. The van der Waals surface area contributed by atoms with E-state index in [9.17, 15) is 13.5 Å². The van der Waals surface area contributed by atoms with E-state index in [1.165, 1.54) is 0 Å². The zero-order chi connectivity index (χ0) is 19.1. The lowest BCUT2D eigenvalue weighted by molar-refractivity contribution is 0.0766. The van der Waals surface area contributed by atoms with Gasteiger partial charge in [0.05, 0.1) is 16.3 Å². The molecule has 7 heteroatoms. The Morgan fingerprint density at radius 1 is 1.15 bits per heavy atom. The Morgan fingerprint density at radius 2 is 1.81 bits per heavy atom. The number of hydrogen-bond donors (Lipinski definition) is 2. The van der Waals surface area contributed by atoms with Crippen molar-refractivity contribution in [2.24, 2.45) is 0 Å². The fourth-order valence-electron chi connectivity index (χ4n) is 3.10. The standard InChI is InChI=1S/C19H23N3O3S/c1-4-19(23,14-8-6-5-7-9-14)15-10-11-16-17(12-15)22(18(20)21-16)26(24,25)13(2)3/h5-13,23H,4H2,1-3H3,(H2,20,21). The lowest BCUT2D eigenvalue weighted by Gasteiger charge is -2.28. The molecule has 138 valence electrons. The van der Waals surface area contributed by atoms with E-state index in [1.807, 2.05) is 37.3 Å². The second-order valence-corrected chi connectivity index (χ2v) is 8.95. The summed E-state index contributed by atoms with van der Waals surface area (Å²) >= 11 is 0. The molecule has 1 heterocycles. The first-order valence-corrected chi connectivity index (χ1v) is 10.0. The van der Waals surface area contributed by atoms with E-state index >= 15 is 0 Å². The number of anilines is 1. The van der Waals surface area contributed by atoms with Crippen LogP contribution in [0.15, 0.2) is 48.5 Å². The molecule has 0 saturated carbocycles. The van der Waals surface area contributed by atoms with E-state index in [1.54, 1.807) is 32.0 Å². The fourth-order valence-corrected chi connectivity index (χ4v) is 4.24. The molecule has 1 atom stereocenters. The molecular weight excluding hydrogens is 350 g/mol. The molecule has 3 aromatic rings. The minimum Gasteiger partial charge on any atom is -0.380 e. The summed E-state index contributed by atoms with van der Waals surface area (Å²) < 4.78 is 26.5. The van der Waals surface area contributed by atoms with E-state index in [0.717, 1.165) is 9.54 Å². The number of hydrogen-bond acceptors (Lipinski definition) is 5. The first kappa shape index (κ1) is 18.4. The summed E-state index contributed by atoms with van der Waals surface area (Å²) in [5.74, 6) is -0.0781. The number of aliphatic hydroxyl groups is 1. The second kappa shape index (κ2) is 6.41. The summed E-state index contributed by atoms with van der Waals surface area (Å²) in [6, 6.07) is 14.4. The van der Waals surface area contributed by atoms with Crippen LogP contribution in [0, 0.1) is 0 Å². The van der Waals surface area contributed by atoms with Gasteiger partial charge in [0.1, 0.15) is 5.60 Å². The molecule has 1 aromatic heterocycles. The molecule has 0 saturated heterocycles. The van der Waals surface area contributed by atoms with Crippen LogP contribution in [0.3, 0.4) is 0 Å². The number of imidazole rings is 1. The van der Waals surface area contributed by atoms with Crippen LogP contribution in [0.2, 0.25) is 0 Å². The van der Waals surface area contributed by atoms with Crippen LogP contribution < -0.4 is 5.73 Å². The van der Waals surface area contributed by atoms with Crippen molar-refractivity contribution in [2.45, 2.75) is 38.0 Å². The van der Waals surface area contributed by atoms with Crippen molar-refractivity contribution in [3.05, 3.63) is 59.7 Å². The summed E-state index contributed by atoms with van der Waals surface area (Å²) in [5.41, 5.74) is 6.84. The lowest BCUT2D eigenvalue weighted by atomic mass is 9.84. The van der Waals surface area contributed by atoms with E-state index in [4.69, 9.17) is 5.73 Å². The number of benzene rings is 2. The SMILES string of the molecule is CCC(O)(c1ccccc1)c1ccc2nc(N)n(S(=O)(=O)C(C)C)c2c1. The molecule has 1 unspecified atom stereocenters. The molecular formula is C19H23N3O3S. The monoisotopic (exact) mass is 373 g/mol. The molecule has 0 aliphatic carbocycles. The number of rotatable bonds is 5. The van der Waals surface area contributed by atoms with Crippen molar-refractivity contribution in [3.8, 4) is 0 Å². The average Bonchev–Trinajstić information content (AvgIpc) is 2.97. The van der Waals surface area contributed by atoms with Crippen molar-refractivity contribution >= 4 is 27.0 Å². The van der Waals surface area contributed by atoms with Crippen LogP contribution in [-0.2, 0) is 15.6 Å². The average molecular weight is 373 g/mol. The molecule has 3 N–H and O–H groups in total. The van der Waals surface area contributed by atoms with Gasteiger partial charge in [-0.2, -0.15) is 0 Å². The Balaban J connectivity index is 2.27. The molecule has 3 rings (SSSR count). The first-order valence-electron chi connectivity index (χ1n) is 8.52. The van der Waals surface area contributed by atoms with Crippen LogP contribution in [0.4, 0.5) is 5.95 Å². The highest BCUT2D eigenvalue weighted by molar-refractivity contribution is 7.90. The van der Waals surface area contributed by atoms with Crippen LogP contribution in [-0.4, -0.2) is 27.7 Å². The molecule has 0 amide bonds. The third-order valence-corrected chi connectivity index (χ3v) is 6.81. The van der Waals surface area contributed by atoms with Crippen molar-refractivity contribution in [1.82, 2.24) is 8.96 Å². The number of aromatic nitrogens is 2. The van der Waals surface area contributed by atoms with Gasteiger partial charge in [-0.1, -0.05) is 43.3 Å². The Morgan fingerprint density at radius 3 is 2.38 bits per heavy atom. The van der Waals surface area contributed by atoms with Gasteiger partial charge < -0.3 is 10.8 Å². The Labute approximate surface area is 153 Å². The summed E-state index contributed by atoms with van der Waals surface area (Å²) in [6.45, 7) is 5.07. The third kappa shape index (κ3) is 2.77. The summed E-state index contributed by atoms with van der Waals surface area (Å²) in [5, 5.41) is 10.7. The summed E-state index contributed by atoms with van der Waals surface area (Å²) in [7, 11) is -3.68. The van der Waals surface area contributed by atoms with Gasteiger partial charge in [0, 0.05) is 0 Å².